The highest BCUT2D eigenvalue weighted by atomic mass is 16.5. The first-order valence-electron chi connectivity index (χ1n) is 10.3. The number of amides is 1. The quantitative estimate of drug-likeness (QED) is 0.640. The maximum atomic E-state index is 12.8. The van der Waals surface area contributed by atoms with E-state index >= 15 is 0 Å². The third-order valence-corrected chi connectivity index (χ3v) is 5.64. The number of rotatable bonds is 7. The second-order valence-corrected chi connectivity index (χ2v) is 7.73. The van der Waals surface area contributed by atoms with Gasteiger partial charge in [-0.1, -0.05) is 35.5 Å². The van der Waals surface area contributed by atoms with Crippen LogP contribution >= 0.6 is 0 Å². The zero-order valence-electron chi connectivity index (χ0n) is 17.4. The van der Waals surface area contributed by atoms with E-state index in [9.17, 15) is 4.79 Å². The van der Waals surface area contributed by atoms with E-state index in [4.69, 9.17) is 9.26 Å². The molecule has 1 aliphatic heterocycles. The zero-order chi connectivity index (χ0) is 20.9. The minimum absolute atomic E-state index is 0.109. The number of hydrogen-bond donors (Lipinski definition) is 1. The van der Waals surface area contributed by atoms with Crippen molar-refractivity contribution in [2.45, 2.75) is 26.9 Å². The lowest BCUT2D eigenvalue weighted by Crippen LogP contribution is -2.31. The number of para-hydroxylation sites is 2. The Bertz CT molecular complexity index is 980. The predicted molar refractivity (Wildman–Crippen MR) is 116 cm³/mol. The monoisotopic (exact) mass is 405 g/mol. The Balaban J connectivity index is 1.34. The summed E-state index contributed by atoms with van der Waals surface area (Å²) in [5.41, 5.74) is 3.50. The van der Waals surface area contributed by atoms with Crippen molar-refractivity contribution >= 4 is 11.6 Å². The van der Waals surface area contributed by atoms with Gasteiger partial charge in [-0.05, 0) is 50.5 Å². The Morgan fingerprint density at radius 3 is 2.70 bits per heavy atom. The lowest BCUT2D eigenvalue weighted by molar-refractivity contribution is 0.0943. The third-order valence-electron chi connectivity index (χ3n) is 5.64. The van der Waals surface area contributed by atoms with Gasteiger partial charge >= 0.3 is 0 Å². The van der Waals surface area contributed by atoms with Gasteiger partial charge in [0.05, 0.1) is 16.8 Å². The highest BCUT2D eigenvalue weighted by Gasteiger charge is 2.23. The van der Waals surface area contributed by atoms with Crippen LogP contribution in [0.1, 0.15) is 33.8 Å². The third kappa shape index (κ3) is 4.48. The van der Waals surface area contributed by atoms with Gasteiger partial charge in [0.25, 0.3) is 5.91 Å². The molecular weight excluding hydrogens is 378 g/mol. The minimum Gasteiger partial charge on any atom is -0.488 e. The summed E-state index contributed by atoms with van der Waals surface area (Å²) in [4.78, 5) is 15.2. The van der Waals surface area contributed by atoms with Crippen molar-refractivity contribution in [3.8, 4) is 5.75 Å². The van der Waals surface area contributed by atoms with Crippen LogP contribution in [0.2, 0.25) is 0 Å². The molecule has 6 heteroatoms. The maximum absolute atomic E-state index is 12.8. The fourth-order valence-corrected chi connectivity index (χ4v) is 3.84. The highest BCUT2D eigenvalue weighted by molar-refractivity contribution is 5.96. The van der Waals surface area contributed by atoms with Gasteiger partial charge in [-0.2, -0.15) is 0 Å². The minimum atomic E-state index is -0.109. The SMILES string of the molecule is Cc1noc(C)c1COc1ccccc1C(=O)NCC1CCN(c2ccccc2)C1. The lowest BCUT2D eigenvalue weighted by Gasteiger charge is -2.19. The average molecular weight is 405 g/mol. The topological polar surface area (TPSA) is 67.6 Å². The Labute approximate surface area is 176 Å². The molecule has 4 rings (SSSR count). The number of carbonyl (C=O) groups is 1. The summed E-state index contributed by atoms with van der Waals surface area (Å²) in [5.74, 6) is 1.62. The molecule has 1 aromatic heterocycles. The first-order chi connectivity index (χ1) is 14.6. The van der Waals surface area contributed by atoms with E-state index in [1.54, 1.807) is 6.07 Å². The number of benzene rings is 2. The number of aromatic nitrogens is 1. The number of nitrogens with one attached hydrogen (secondary N) is 1. The van der Waals surface area contributed by atoms with Gasteiger partial charge in [0.1, 0.15) is 18.1 Å². The molecule has 2 heterocycles. The van der Waals surface area contributed by atoms with E-state index in [2.05, 4.69) is 39.6 Å². The van der Waals surface area contributed by atoms with E-state index in [1.807, 2.05) is 38.1 Å². The Hall–Kier alpha value is -3.28. The van der Waals surface area contributed by atoms with Crippen molar-refractivity contribution in [1.82, 2.24) is 10.5 Å². The van der Waals surface area contributed by atoms with Gasteiger partial charge < -0.3 is 19.5 Å². The number of aryl methyl sites for hydroxylation is 2. The van der Waals surface area contributed by atoms with Gasteiger partial charge in [0, 0.05) is 25.3 Å². The maximum Gasteiger partial charge on any atom is 0.255 e. The Morgan fingerprint density at radius 2 is 1.93 bits per heavy atom. The molecule has 0 spiro atoms. The Morgan fingerprint density at radius 1 is 1.17 bits per heavy atom. The zero-order valence-corrected chi connectivity index (χ0v) is 17.4. The van der Waals surface area contributed by atoms with E-state index in [0.29, 0.717) is 30.4 Å². The number of hydrogen-bond acceptors (Lipinski definition) is 5. The molecule has 1 N–H and O–H groups in total. The second kappa shape index (κ2) is 9.03. The molecule has 0 aliphatic carbocycles. The molecule has 3 aromatic rings. The molecule has 0 bridgehead atoms. The van der Waals surface area contributed by atoms with Crippen molar-refractivity contribution in [2.24, 2.45) is 5.92 Å². The summed E-state index contributed by atoms with van der Waals surface area (Å²) in [6, 6.07) is 17.7. The van der Waals surface area contributed by atoms with Gasteiger partial charge in [-0.3, -0.25) is 4.79 Å². The summed E-state index contributed by atoms with van der Waals surface area (Å²) in [6.07, 6.45) is 1.07. The van der Waals surface area contributed by atoms with Crippen LogP contribution in [0.4, 0.5) is 5.69 Å². The summed E-state index contributed by atoms with van der Waals surface area (Å²) >= 11 is 0. The van der Waals surface area contributed by atoms with Crippen LogP contribution in [-0.4, -0.2) is 30.7 Å². The van der Waals surface area contributed by atoms with Crippen LogP contribution < -0.4 is 15.0 Å². The van der Waals surface area contributed by atoms with E-state index in [-0.39, 0.29) is 5.91 Å². The molecular formula is C24H27N3O3. The molecule has 0 radical (unpaired) electrons. The smallest absolute Gasteiger partial charge is 0.255 e. The van der Waals surface area contributed by atoms with Crippen molar-refractivity contribution in [3.63, 3.8) is 0 Å². The van der Waals surface area contributed by atoms with Crippen molar-refractivity contribution in [3.05, 3.63) is 77.2 Å². The normalized spacial score (nSPS) is 15.9. The second-order valence-electron chi connectivity index (χ2n) is 7.73. The summed E-state index contributed by atoms with van der Waals surface area (Å²) in [5, 5.41) is 7.04. The highest BCUT2D eigenvalue weighted by Crippen LogP contribution is 2.24. The first kappa shape index (κ1) is 20.0. The van der Waals surface area contributed by atoms with Gasteiger partial charge in [0.15, 0.2) is 0 Å². The molecule has 156 valence electrons. The van der Waals surface area contributed by atoms with Gasteiger partial charge in [0.2, 0.25) is 0 Å². The molecule has 1 unspecified atom stereocenters. The molecule has 1 atom stereocenters. The molecule has 1 saturated heterocycles. The van der Waals surface area contributed by atoms with E-state index < -0.39 is 0 Å². The molecule has 30 heavy (non-hydrogen) atoms. The van der Waals surface area contributed by atoms with Crippen LogP contribution in [0.25, 0.3) is 0 Å². The van der Waals surface area contributed by atoms with Crippen LogP contribution in [0.3, 0.4) is 0 Å². The molecule has 0 saturated carbocycles. The Kier molecular flexibility index (Phi) is 6.02. The van der Waals surface area contributed by atoms with Crippen LogP contribution in [-0.2, 0) is 6.61 Å². The summed E-state index contributed by atoms with van der Waals surface area (Å²) in [6.45, 7) is 6.68. The predicted octanol–water partition coefficient (Wildman–Crippen LogP) is 4.13. The number of carbonyl (C=O) groups excluding carboxylic acids is 1. The summed E-state index contributed by atoms with van der Waals surface area (Å²) in [7, 11) is 0. The molecule has 1 fully saturated rings. The van der Waals surface area contributed by atoms with Gasteiger partial charge in [-0.15, -0.1) is 0 Å². The fourth-order valence-electron chi connectivity index (χ4n) is 3.84. The van der Waals surface area contributed by atoms with Crippen molar-refractivity contribution in [2.75, 3.05) is 24.5 Å². The molecule has 1 amide bonds. The first-order valence-corrected chi connectivity index (χ1v) is 10.3. The van der Waals surface area contributed by atoms with Gasteiger partial charge in [-0.25, -0.2) is 0 Å². The lowest BCUT2D eigenvalue weighted by atomic mass is 10.1. The van der Waals surface area contributed by atoms with Crippen LogP contribution in [0.15, 0.2) is 59.1 Å². The number of nitrogens with zero attached hydrogens (tertiary/aromatic N) is 2. The van der Waals surface area contributed by atoms with E-state index in [1.165, 1.54) is 5.69 Å². The molecule has 2 aromatic carbocycles. The fraction of sp³-hybridized carbons (Fsp3) is 0.333. The number of anilines is 1. The van der Waals surface area contributed by atoms with Crippen LogP contribution in [0.5, 0.6) is 5.75 Å². The summed E-state index contributed by atoms with van der Waals surface area (Å²) < 4.78 is 11.1. The standard InChI is InChI=1S/C24H27N3O3/c1-17-22(18(2)30-26-17)16-29-23-11-7-6-10-21(23)24(28)25-14-19-12-13-27(15-19)20-8-4-3-5-9-20/h3-11,19H,12-16H2,1-2H3,(H,25,28). The largest absolute Gasteiger partial charge is 0.488 e. The molecule has 1 aliphatic rings. The number of ether oxygens (including phenoxy) is 1. The van der Waals surface area contributed by atoms with Crippen molar-refractivity contribution in [1.29, 1.82) is 0 Å². The molecule has 6 nitrogen and oxygen atoms in total. The van der Waals surface area contributed by atoms with E-state index in [0.717, 1.165) is 36.5 Å². The van der Waals surface area contributed by atoms with Crippen molar-refractivity contribution < 1.29 is 14.1 Å². The van der Waals surface area contributed by atoms with Crippen LogP contribution in [0, 0.1) is 19.8 Å². The average Bonchev–Trinajstić information content (AvgIpc) is 3.38.